The highest BCUT2D eigenvalue weighted by Crippen LogP contribution is 2.26. The summed E-state index contributed by atoms with van der Waals surface area (Å²) in [5.74, 6) is 0.622. The van der Waals surface area contributed by atoms with Gasteiger partial charge in [-0.25, -0.2) is 4.98 Å². The SMILES string of the molecule is COc1nc(C2CNC(=O)C2)ccc1N. The molecule has 2 heterocycles. The lowest BCUT2D eigenvalue weighted by Gasteiger charge is -2.09. The Labute approximate surface area is 87.6 Å². The summed E-state index contributed by atoms with van der Waals surface area (Å²) in [6.07, 6.45) is 0.486. The molecule has 15 heavy (non-hydrogen) atoms. The topological polar surface area (TPSA) is 77.2 Å². The summed E-state index contributed by atoms with van der Waals surface area (Å²) >= 11 is 0. The van der Waals surface area contributed by atoms with E-state index >= 15 is 0 Å². The first-order valence-electron chi connectivity index (χ1n) is 4.78. The van der Waals surface area contributed by atoms with Crippen LogP contribution in [0.25, 0.3) is 0 Å². The summed E-state index contributed by atoms with van der Waals surface area (Å²) in [7, 11) is 1.53. The number of carbonyl (C=O) groups excluding carboxylic acids is 1. The second-order valence-corrected chi connectivity index (χ2v) is 3.54. The van der Waals surface area contributed by atoms with Gasteiger partial charge in [0, 0.05) is 24.6 Å². The fourth-order valence-electron chi connectivity index (χ4n) is 1.67. The molecule has 5 heteroatoms. The number of nitrogens with zero attached hydrogens (tertiary/aromatic N) is 1. The molecule has 1 aliphatic heterocycles. The largest absolute Gasteiger partial charge is 0.480 e. The minimum absolute atomic E-state index is 0.0672. The molecule has 0 aromatic carbocycles. The van der Waals surface area contributed by atoms with Crippen LogP contribution in [0.5, 0.6) is 5.88 Å². The molecule has 1 unspecified atom stereocenters. The van der Waals surface area contributed by atoms with Crippen molar-refractivity contribution in [2.24, 2.45) is 0 Å². The van der Waals surface area contributed by atoms with Crippen molar-refractivity contribution < 1.29 is 9.53 Å². The number of nitrogens with one attached hydrogen (secondary N) is 1. The number of nitrogen functional groups attached to an aromatic ring is 1. The zero-order valence-corrected chi connectivity index (χ0v) is 8.49. The quantitative estimate of drug-likeness (QED) is 0.730. The maximum Gasteiger partial charge on any atom is 0.237 e. The van der Waals surface area contributed by atoms with Crippen LogP contribution in [0.1, 0.15) is 18.0 Å². The predicted octanol–water partition coefficient (Wildman–Crippen LogP) is 0.276. The number of nitrogens with two attached hydrogens (primary N) is 1. The fourth-order valence-corrected chi connectivity index (χ4v) is 1.67. The number of ether oxygens (including phenoxy) is 1. The van der Waals surface area contributed by atoms with E-state index in [1.807, 2.05) is 6.07 Å². The van der Waals surface area contributed by atoms with Crippen molar-refractivity contribution in [1.82, 2.24) is 10.3 Å². The first-order valence-corrected chi connectivity index (χ1v) is 4.78. The zero-order chi connectivity index (χ0) is 10.8. The van der Waals surface area contributed by atoms with Crippen molar-refractivity contribution >= 4 is 11.6 Å². The van der Waals surface area contributed by atoms with Crippen LogP contribution in [0.3, 0.4) is 0 Å². The summed E-state index contributed by atoms with van der Waals surface area (Å²) in [5.41, 5.74) is 7.02. The number of rotatable bonds is 2. The summed E-state index contributed by atoms with van der Waals surface area (Å²) in [4.78, 5) is 15.3. The van der Waals surface area contributed by atoms with Gasteiger partial charge in [-0.05, 0) is 12.1 Å². The molecule has 1 aromatic rings. The van der Waals surface area contributed by atoms with Gasteiger partial charge in [0.15, 0.2) is 0 Å². The molecule has 0 saturated carbocycles. The van der Waals surface area contributed by atoms with Crippen molar-refractivity contribution in [3.05, 3.63) is 17.8 Å². The number of hydrogen-bond acceptors (Lipinski definition) is 4. The Bertz CT molecular complexity index is 392. The van der Waals surface area contributed by atoms with E-state index in [-0.39, 0.29) is 11.8 Å². The summed E-state index contributed by atoms with van der Waals surface area (Å²) < 4.78 is 5.03. The predicted molar refractivity (Wildman–Crippen MR) is 55.6 cm³/mol. The zero-order valence-electron chi connectivity index (χ0n) is 8.49. The molecule has 80 valence electrons. The number of methoxy groups -OCH3 is 1. The molecule has 1 aromatic heterocycles. The lowest BCUT2D eigenvalue weighted by atomic mass is 10.0. The highest BCUT2D eigenvalue weighted by molar-refractivity contribution is 5.79. The fraction of sp³-hybridized carbons (Fsp3) is 0.400. The maximum absolute atomic E-state index is 11.1. The van der Waals surface area contributed by atoms with Gasteiger partial charge >= 0.3 is 0 Å². The summed E-state index contributed by atoms with van der Waals surface area (Å²) in [5, 5.41) is 2.77. The van der Waals surface area contributed by atoms with Crippen molar-refractivity contribution in [2.75, 3.05) is 19.4 Å². The molecular weight excluding hydrogens is 194 g/mol. The second-order valence-electron chi connectivity index (χ2n) is 3.54. The van der Waals surface area contributed by atoms with Crippen LogP contribution in [-0.2, 0) is 4.79 Å². The van der Waals surface area contributed by atoms with Crippen LogP contribution < -0.4 is 15.8 Å². The Morgan fingerprint density at radius 2 is 2.40 bits per heavy atom. The molecule has 1 aliphatic rings. The molecule has 1 amide bonds. The van der Waals surface area contributed by atoms with Gasteiger partial charge < -0.3 is 15.8 Å². The number of carbonyl (C=O) groups is 1. The third-order valence-electron chi connectivity index (χ3n) is 2.50. The molecule has 0 radical (unpaired) electrons. The van der Waals surface area contributed by atoms with Crippen LogP contribution in [0, 0.1) is 0 Å². The van der Waals surface area contributed by atoms with Crippen molar-refractivity contribution in [3.63, 3.8) is 0 Å². The Morgan fingerprint density at radius 3 is 3.00 bits per heavy atom. The molecule has 5 nitrogen and oxygen atoms in total. The molecule has 0 aliphatic carbocycles. The minimum Gasteiger partial charge on any atom is -0.480 e. The van der Waals surface area contributed by atoms with E-state index in [1.54, 1.807) is 6.07 Å². The standard InChI is InChI=1S/C10H13N3O2/c1-15-10-7(11)2-3-8(13-10)6-4-9(14)12-5-6/h2-3,6H,4-5,11H2,1H3,(H,12,14). The van der Waals surface area contributed by atoms with Crippen LogP contribution in [-0.4, -0.2) is 24.5 Å². The van der Waals surface area contributed by atoms with Gasteiger partial charge in [0.2, 0.25) is 11.8 Å². The van der Waals surface area contributed by atoms with E-state index in [0.29, 0.717) is 24.5 Å². The molecule has 1 atom stereocenters. The van der Waals surface area contributed by atoms with E-state index in [4.69, 9.17) is 10.5 Å². The number of anilines is 1. The highest BCUT2D eigenvalue weighted by atomic mass is 16.5. The van der Waals surface area contributed by atoms with Crippen LogP contribution >= 0.6 is 0 Å². The molecule has 3 N–H and O–H groups in total. The average molecular weight is 207 g/mol. The summed E-state index contributed by atoms with van der Waals surface area (Å²) in [6.45, 7) is 0.638. The molecule has 0 bridgehead atoms. The first-order chi connectivity index (χ1) is 7.20. The Kier molecular flexibility index (Phi) is 2.45. The lowest BCUT2D eigenvalue weighted by molar-refractivity contribution is -0.119. The molecule has 1 saturated heterocycles. The van der Waals surface area contributed by atoms with E-state index in [1.165, 1.54) is 7.11 Å². The van der Waals surface area contributed by atoms with E-state index in [9.17, 15) is 4.79 Å². The third-order valence-corrected chi connectivity index (χ3v) is 2.50. The van der Waals surface area contributed by atoms with E-state index < -0.39 is 0 Å². The molecular formula is C10H13N3O2. The molecule has 1 fully saturated rings. The van der Waals surface area contributed by atoms with Crippen LogP contribution in [0.4, 0.5) is 5.69 Å². The smallest absolute Gasteiger partial charge is 0.237 e. The highest BCUT2D eigenvalue weighted by Gasteiger charge is 2.24. The Morgan fingerprint density at radius 1 is 1.60 bits per heavy atom. The Hall–Kier alpha value is -1.78. The number of pyridine rings is 1. The Balaban J connectivity index is 2.25. The second kappa shape index (κ2) is 3.76. The van der Waals surface area contributed by atoms with Gasteiger partial charge in [0.25, 0.3) is 0 Å². The average Bonchev–Trinajstić information content (AvgIpc) is 2.66. The molecule has 0 spiro atoms. The van der Waals surface area contributed by atoms with Gasteiger partial charge in [-0.3, -0.25) is 4.79 Å². The van der Waals surface area contributed by atoms with Gasteiger partial charge in [-0.1, -0.05) is 0 Å². The monoisotopic (exact) mass is 207 g/mol. The van der Waals surface area contributed by atoms with Gasteiger partial charge in [-0.15, -0.1) is 0 Å². The normalized spacial score (nSPS) is 20.1. The maximum atomic E-state index is 11.1. The number of amides is 1. The van der Waals surface area contributed by atoms with Gasteiger partial charge in [0.05, 0.1) is 12.8 Å². The summed E-state index contributed by atoms with van der Waals surface area (Å²) in [6, 6.07) is 3.59. The van der Waals surface area contributed by atoms with Crippen LogP contribution in [0.15, 0.2) is 12.1 Å². The third kappa shape index (κ3) is 1.86. The van der Waals surface area contributed by atoms with Crippen molar-refractivity contribution in [1.29, 1.82) is 0 Å². The van der Waals surface area contributed by atoms with Crippen LogP contribution in [0.2, 0.25) is 0 Å². The number of aromatic nitrogens is 1. The minimum atomic E-state index is 0.0672. The van der Waals surface area contributed by atoms with E-state index in [2.05, 4.69) is 10.3 Å². The first kappa shape index (κ1) is 9.76. The molecule has 2 rings (SSSR count). The van der Waals surface area contributed by atoms with Gasteiger partial charge in [-0.2, -0.15) is 0 Å². The van der Waals surface area contributed by atoms with Gasteiger partial charge in [0.1, 0.15) is 0 Å². The van der Waals surface area contributed by atoms with Crippen molar-refractivity contribution in [2.45, 2.75) is 12.3 Å². The van der Waals surface area contributed by atoms with Crippen molar-refractivity contribution in [3.8, 4) is 5.88 Å². The number of hydrogen-bond donors (Lipinski definition) is 2. The lowest BCUT2D eigenvalue weighted by Crippen LogP contribution is -2.13. The van der Waals surface area contributed by atoms with E-state index in [0.717, 1.165) is 5.69 Å².